The third kappa shape index (κ3) is 4.64. The molecule has 1 fully saturated rings. The Hall–Kier alpha value is -2.73. The normalized spacial score (nSPS) is 13.0. The molecule has 0 atom stereocenters. The van der Waals surface area contributed by atoms with Crippen molar-refractivity contribution in [2.24, 2.45) is 0 Å². The highest BCUT2D eigenvalue weighted by atomic mass is 35.5. The summed E-state index contributed by atoms with van der Waals surface area (Å²) in [7, 11) is 1.33. The summed E-state index contributed by atoms with van der Waals surface area (Å²) < 4.78 is 4.71. The fourth-order valence-corrected chi connectivity index (χ4v) is 2.40. The highest BCUT2D eigenvalue weighted by molar-refractivity contribution is 6.33. The van der Waals surface area contributed by atoms with Crippen LogP contribution in [0.5, 0.6) is 0 Å². The van der Waals surface area contributed by atoms with Crippen LogP contribution in [-0.4, -0.2) is 25.2 Å². The molecule has 0 aliphatic heterocycles. The number of carbonyl (C=O) groups excluding carboxylic acids is 2. The summed E-state index contributed by atoms with van der Waals surface area (Å²) in [6, 6.07) is 12.2. The quantitative estimate of drug-likeness (QED) is 0.700. The van der Waals surface area contributed by atoms with E-state index in [1.807, 2.05) is 12.1 Å². The molecule has 130 valence electrons. The molecule has 6 nitrogen and oxygen atoms in total. The number of ether oxygens (including phenoxy) is 1. The molecule has 7 heteroatoms. The molecule has 0 radical (unpaired) electrons. The van der Waals surface area contributed by atoms with E-state index in [4.69, 9.17) is 16.3 Å². The Morgan fingerprint density at radius 2 is 1.76 bits per heavy atom. The first-order valence-corrected chi connectivity index (χ1v) is 8.25. The fourth-order valence-electron chi connectivity index (χ4n) is 2.24. The van der Waals surface area contributed by atoms with Crippen molar-refractivity contribution in [3.05, 3.63) is 53.1 Å². The maximum Gasteiger partial charge on any atom is 0.337 e. The second-order valence-electron chi connectivity index (χ2n) is 5.76. The van der Waals surface area contributed by atoms with Crippen LogP contribution in [0.1, 0.15) is 23.2 Å². The number of anilines is 3. The Morgan fingerprint density at radius 1 is 1.08 bits per heavy atom. The lowest BCUT2D eigenvalue weighted by Gasteiger charge is -2.11. The molecule has 3 rings (SSSR count). The summed E-state index contributed by atoms with van der Waals surface area (Å²) >= 11 is 6.17. The average Bonchev–Trinajstić information content (AvgIpc) is 3.41. The van der Waals surface area contributed by atoms with E-state index in [2.05, 4.69) is 16.0 Å². The molecule has 2 aromatic carbocycles. The zero-order valence-corrected chi connectivity index (χ0v) is 14.4. The molecule has 1 aliphatic rings. The zero-order valence-electron chi connectivity index (χ0n) is 13.6. The van der Waals surface area contributed by atoms with E-state index in [0.29, 0.717) is 28.0 Å². The van der Waals surface area contributed by atoms with Gasteiger partial charge in [0, 0.05) is 17.4 Å². The van der Waals surface area contributed by atoms with Crippen molar-refractivity contribution in [2.75, 3.05) is 17.7 Å². The number of esters is 1. The van der Waals surface area contributed by atoms with E-state index < -0.39 is 5.97 Å². The van der Waals surface area contributed by atoms with Gasteiger partial charge in [-0.3, -0.25) is 0 Å². The molecule has 2 amide bonds. The average molecular weight is 360 g/mol. The van der Waals surface area contributed by atoms with Gasteiger partial charge in [-0.25, -0.2) is 9.59 Å². The van der Waals surface area contributed by atoms with Gasteiger partial charge in [0.1, 0.15) is 0 Å². The number of hydrogen-bond donors (Lipinski definition) is 3. The molecule has 0 heterocycles. The van der Waals surface area contributed by atoms with Gasteiger partial charge >= 0.3 is 12.0 Å². The molecular weight excluding hydrogens is 342 g/mol. The van der Waals surface area contributed by atoms with Gasteiger partial charge in [-0.2, -0.15) is 0 Å². The summed E-state index contributed by atoms with van der Waals surface area (Å²) in [5.74, 6) is -0.430. The number of hydrogen-bond acceptors (Lipinski definition) is 4. The molecule has 2 aromatic rings. The van der Waals surface area contributed by atoms with Gasteiger partial charge in [-0.1, -0.05) is 11.6 Å². The molecule has 25 heavy (non-hydrogen) atoms. The van der Waals surface area contributed by atoms with Crippen molar-refractivity contribution in [2.45, 2.75) is 18.9 Å². The second-order valence-corrected chi connectivity index (χ2v) is 6.17. The Morgan fingerprint density at radius 3 is 2.40 bits per heavy atom. The monoisotopic (exact) mass is 359 g/mol. The van der Waals surface area contributed by atoms with Crippen LogP contribution in [0, 0.1) is 0 Å². The second kappa shape index (κ2) is 7.44. The van der Waals surface area contributed by atoms with Crippen LogP contribution in [0.2, 0.25) is 5.02 Å². The van der Waals surface area contributed by atoms with Gasteiger partial charge in [0.15, 0.2) is 0 Å². The van der Waals surface area contributed by atoms with Gasteiger partial charge < -0.3 is 20.7 Å². The van der Waals surface area contributed by atoms with Crippen molar-refractivity contribution in [3.8, 4) is 0 Å². The smallest absolute Gasteiger partial charge is 0.337 e. The molecule has 3 N–H and O–H groups in total. The van der Waals surface area contributed by atoms with Crippen LogP contribution >= 0.6 is 11.6 Å². The van der Waals surface area contributed by atoms with Crippen LogP contribution in [0.4, 0.5) is 21.9 Å². The minimum Gasteiger partial charge on any atom is -0.465 e. The van der Waals surface area contributed by atoms with Crippen LogP contribution < -0.4 is 16.0 Å². The Balaban J connectivity index is 1.66. The molecule has 0 aromatic heterocycles. The highest BCUT2D eigenvalue weighted by Gasteiger charge is 2.23. The Bertz CT molecular complexity index is 789. The van der Waals surface area contributed by atoms with Crippen molar-refractivity contribution in [1.29, 1.82) is 0 Å². The van der Waals surface area contributed by atoms with E-state index in [0.717, 1.165) is 18.5 Å². The minimum absolute atomic E-state index is 0.197. The van der Waals surface area contributed by atoms with Crippen LogP contribution in [0.25, 0.3) is 0 Å². The molecule has 0 bridgehead atoms. The maximum absolute atomic E-state index is 11.7. The number of methoxy groups -OCH3 is 1. The van der Waals surface area contributed by atoms with E-state index >= 15 is 0 Å². The predicted octanol–water partition coefficient (Wildman–Crippen LogP) is 4.15. The molecular formula is C18H18ClN3O3. The Kier molecular flexibility index (Phi) is 5.09. The zero-order chi connectivity index (χ0) is 17.8. The molecule has 0 spiro atoms. The van der Waals surface area contributed by atoms with E-state index in [9.17, 15) is 9.59 Å². The van der Waals surface area contributed by atoms with Crippen molar-refractivity contribution in [3.63, 3.8) is 0 Å². The highest BCUT2D eigenvalue weighted by Crippen LogP contribution is 2.27. The first-order chi connectivity index (χ1) is 12.0. The lowest BCUT2D eigenvalue weighted by molar-refractivity contribution is 0.0601. The molecule has 0 saturated heterocycles. The predicted molar refractivity (Wildman–Crippen MR) is 97.7 cm³/mol. The maximum atomic E-state index is 11.7. The number of urea groups is 1. The number of amides is 2. The largest absolute Gasteiger partial charge is 0.465 e. The van der Waals surface area contributed by atoms with Crippen LogP contribution in [0.3, 0.4) is 0 Å². The number of rotatable bonds is 5. The fraction of sp³-hybridized carbons (Fsp3) is 0.222. The Labute approximate surface area is 150 Å². The van der Waals surface area contributed by atoms with Gasteiger partial charge in [0.2, 0.25) is 0 Å². The summed E-state index contributed by atoms with van der Waals surface area (Å²) in [4.78, 5) is 23.3. The summed E-state index contributed by atoms with van der Waals surface area (Å²) in [5.41, 5.74) is 2.47. The number of carbonyl (C=O) groups is 2. The first-order valence-electron chi connectivity index (χ1n) is 7.87. The SMILES string of the molecule is COC(=O)c1ccc(Cl)c(Nc2ccc(NC(=O)NC3CC3)cc2)c1. The van der Waals surface area contributed by atoms with E-state index in [1.54, 1.807) is 30.3 Å². The topological polar surface area (TPSA) is 79.5 Å². The van der Waals surface area contributed by atoms with Gasteiger partial charge in [-0.05, 0) is 55.3 Å². The van der Waals surface area contributed by atoms with Crippen LogP contribution in [-0.2, 0) is 4.74 Å². The number of nitrogens with one attached hydrogen (secondary N) is 3. The van der Waals surface area contributed by atoms with Crippen molar-refractivity contribution < 1.29 is 14.3 Å². The molecule has 0 unspecified atom stereocenters. The molecule has 1 aliphatic carbocycles. The summed E-state index contributed by atoms with van der Waals surface area (Å²) in [5, 5.41) is 9.27. The number of benzene rings is 2. The third-order valence-corrected chi connectivity index (χ3v) is 4.05. The lowest BCUT2D eigenvalue weighted by atomic mass is 10.2. The van der Waals surface area contributed by atoms with Crippen molar-refractivity contribution >= 4 is 40.7 Å². The standard InChI is InChI=1S/C18H18ClN3O3/c1-25-17(23)11-2-9-15(19)16(10-11)20-12-3-5-13(6-4-12)21-18(24)22-14-7-8-14/h2-6,9-10,14,20H,7-8H2,1H3,(H2,21,22,24). The van der Waals surface area contributed by atoms with Crippen molar-refractivity contribution in [1.82, 2.24) is 5.32 Å². The van der Waals surface area contributed by atoms with Gasteiger partial charge in [0.25, 0.3) is 0 Å². The summed E-state index contributed by atoms with van der Waals surface area (Å²) in [6.45, 7) is 0. The van der Waals surface area contributed by atoms with Crippen LogP contribution in [0.15, 0.2) is 42.5 Å². The van der Waals surface area contributed by atoms with Gasteiger partial charge in [-0.15, -0.1) is 0 Å². The lowest BCUT2D eigenvalue weighted by Crippen LogP contribution is -2.30. The van der Waals surface area contributed by atoms with E-state index in [-0.39, 0.29) is 6.03 Å². The number of halogens is 1. The van der Waals surface area contributed by atoms with E-state index in [1.165, 1.54) is 7.11 Å². The summed E-state index contributed by atoms with van der Waals surface area (Å²) in [6.07, 6.45) is 2.09. The molecule has 1 saturated carbocycles. The van der Waals surface area contributed by atoms with Gasteiger partial charge in [0.05, 0.1) is 23.4 Å². The first kappa shape index (κ1) is 17.1. The third-order valence-electron chi connectivity index (χ3n) is 3.72. The minimum atomic E-state index is -0.430.